The molecule has 0 bridgehead atoms. The lowest BCUT2D eigenvalue weighted by atomic mass is 9.85. The molecule has 0 saturated carbocycles. The van der Waals surface area contributed by atoms with Gasteiger partial charge in [-0.05, 0) is 63.1 Å². The topological polar surface area (TPSA) is 79.9 Å². The predicted octanol–water partition coefficient (Wildman–Crippen LogP) is 5.51. The van der Waals surface area contributed by atoms with Crippen LogP contribution < -0.4 is 15.4 Å². The van der Waals surface area contributed by atoms with Crippen molar-refractivity contribution in [2.75, 3.05) is 25.5 Å². The Morgan fingerprint density at radius 2 is 1.85 bits per heavy atom. The van der Waals surface area contributed by atoms with Crippen molar-refractivity contribution in [3.63, 3.8) is 0 Å². The largest absolute Gasteiger partial charge is 0.497 e. The van der Waals surface area contributed by atoms with Gasteiger partial charge in [-0.25, -0.2) is 14.0 Å². The number of nitrogens with zero attached hydrogens (tertiary/aromatic N) is 1. The number of halogens is 2. The maximum absolute atomic E-state index is 15.0. The molecule has 2 N–H and O–H groups in total. The summed E-state index contributed by atoms with van der Waals surface area (Å²) < 4.78 is 26.5. The Bertz CT molecular complexity index is 994. The lowest BCUT2D eigenvalue weighted by Gasteiger charge is -2.39. The maximum Gasteiger partial charge on any atom is 0.410 e. The number of likely N-dealkylation sites (tertiary alicyclic amines) is 1. The summed E-state index contributed by atoms with van der Waals surface area (Å²) in [6.07, 6.45) is -0.0115. The number of urea groups is 1. The minimum absolute atomic E-state index is 0.210. The third-order valence-electron chi connectivity index (χ3n) is 5.29. The molecule has 2 aromatic carbocycles. The van der Waals surface area contributed by atoms with Crippen molar-refractivity contribution in [1.82, 2.24) is 10.2 Å². The number of carbonyl (C=O) groups excluding carboxylic acids is 2. The Hall–Kier alpha value is -2.81. The van der Waals surface area contributed by atoms with Crippen molar-refractivity contribution in [2.24, 2.45) is 0 Å². The van der Waals surface area contributed by atoms with Crippen LogP contribution in [-0.4, -0.2) is 48.9 Å². The van der Waals surface area contributed by atoms with Gasteiger partial charge in [0.15, 0.2) is 0 Å². The molecule has 1 heterocycles. The normalized spacial score (nSPS) is 18.4. The van der Waals surface area contributed by atoms with Gasteiger partial charge < -0.3 is 25.0 Å². The van der Waals surface area contributed by atoms with E-state index in [9.17, 15) is 14.0 Å². The summed E-state index contributed by atoms with van der Waals surface area (Å²) in [6, 6.07) is 11.0. The van der Waals surface area contributed by atoms with Gasteiger partial charge in [-0.15, -0.1) is 0 Å². The summed E-state index contributed by atoms with van der Waals surface area (Å²) in [4.78, 5) is 26.9. The number of piperidine rings is 1. The molecule has 33 heavy (non-hydrogen) atoms. The molecule has 1 aliphatic rings. The third kappa shape index (κ3) is 6.83. The molecule has 3 rings (SSSR count). The number of nitrogens with one attached hydrogen (secondary N) is 2. The molecule has 0 radical (unpaired) electrons. The highest BCUT2D eigenvalue weighted by atomic mass is 79.9. The van der Waals surface area contributed by atoms with E-state index >= 15 is 0 Å². The number of carbonyl (C=O) groups is 2. The molecule has 1 aliphatic heterocycles. The first-order chi connectivity index (χ1) is 15.6. The molecule has 1 unspecified atom stereocenters. The summed E-state index contributed by atoms with van der Waals surface area (Å²) in [5.41, 5.74) is 0.393. The van der Waals surface area contributed by atoms with Gasteiger partial charge in [-0.1, -0.05) is 22.0 Å². The highest BCUT2D eigenvalue weighted by Gasteiger charge is 2.36. The van der Waals surface area contributed by atoms with Crippen molar-refractivity contribution in [1.29, 1.82) is 0 Å². The number of amides is 3. The standard InChI is InChI=1S/C24H29BrFN3O4/c1-24(2,3)33-23(31)29-12-11-21(28-22(30)27-16-7-5-15(25)6-8-16)19(14-29)18-10-9-17(32-4)13-20(18)26/h5-10,13,19,21H,11-12,14H2,1-4H3,(H2,27,28,30)/t19-,21?/m0/s1. The Labute approximate surface area is 201 Å². The van der Waals surface area contributed by atoms with Crippen LogP contribution in [0.5, 0.6) is 5.75 Å². The van der Waals surface area contributed by atoms with E-state index in [1.807, 2.05) is 12.1 Å². The molecule has 7 nitrogen and oxygen atoms in total. The number of hydrogen-bond acceptors (Lipinski definition) is 4. The summed E-state index contributed by atoms with van der Waals surface area (Å²) in [5.74, 6) is -0.521. The Morgan fingerprint density at radius 1 is 1.15 bits per heavy atom. The Kier molecular flexibility index (Phi) is 7.84. The first-order valence-electron chi connectivity index (χ1n) is 10.7. The third-order valence-corrected chi connectivity index (χ3v) is 5.82. The van der Waals surface area contributed by atoms with Crippen LogP contribution in [0.2, 0.25) is 0 Å². The van der Waals surface area contributed by atoms with Crippen LogP contribution in [0.4, 0.5) is 19.7 Å². The van der Waals surface area contributed by atoms with Gasteiger partial charge in [0.05, 0.1) is 7.11 Å². The van der Waals surface area contributed by atoms with Crippen LogP contribution >= 0.6 is 15.9 Å². The fraction of sp³-hybridized carbons (Fsp3) is 0.417. The van der Waals surface area contributed by atoms with E-state index < -0.39 is 29.5 Å². The van der Waals surface area contributed by atoms with E-state index in [1.165, 1.54) is 13.2 Å². The Morgan fingerprint density at radius 3 is 2.45 bits per heavy atom. The van der Waals surface area contributed by atoms with Crippen molar-refractivity contribution in [3.8, 4) is 5.75 Å². The molecule has 2 aromatic rings. The second-order valence-corrected chi connectivity index (χ2v) is 9.84. The number of methoxy groups -OCH3 is 1. The van der Waals surface area contributed by atoms with Gasteiger partial charge in [0.1, 0.15) is 17.2 Å². The van der Waals surface area contributed by atoms with Crippen molar-refractivity contribution in [2.45, 2.75) is 44.8 Å². The summed E-state index contributed by atoms with van der Waals surface area (Å²) in [6.45, 7) is 5.98. The van der Waals surface area contributed by atoms with E-state index in [-0.39, 0.29) is 12.6 Å². The average Bonchev–Trinajstić information content (AvgIpc) is 2.74. The van der Waals surface area contributed by atoms with Gasteiger partial charge in [0.2, 0.25) is 0 Å². The second kappa shape index (κ2) is 10.4. The van der Waals surface area contributed by atoms with Crippen LogP contribution in [0.15, 0.2) is 46.9 Å². The summed E-state index contributed by atoms with van der Waals surface area (Å²) >= 11 is 3.36. The molecule has 0 aromatic heterocycles. The lowest BCUT2D eigenvalue weighted by molar-refractivity contribution is 0.0178. The highest BCUT2D eigenvalue weighted by molar-refractivity contribution is 9.10. The van der Waals surface area contributed by atoms with Gasteiger partial charge >= 0.3 is 12.1 Å². The number of anilines is 1. The Balaban J connectivity index is 1.79. The van der Waals surface area contributed by atoms with Crippen LogP contribution in [0.25, 0.3) is 0 Å². The lowest BCUT2D eigenvalue weighted by Crippen LogP contribution is -2.53. The minimum atomic E-state index is -0.641. The predicted molar refractivity (Wildman–Crippen MR) is 128 cm³/mol. The molecular formula is C24H29BrFN3O4. The molecular weight excluding hydrogens is 493 g/mol. The molecule has 2 atom stereocenters. The van der Waals surface area contributed by atoms with E-state index in [4.69, 9.17) is 9.47 Å². The first-order valence-corrected chi connectivity index (χ1v) is 11.5. The minimum Gasteiger partial charge on any atom is -0.497 e. The summed E-state index contributed by atoms with van der Waals surface area (Å²) in [7, 11) is 1.47. The van der Waals surface area contributed by atoms with E-state index in [0.717, 1.165) is 4.47 Å². The fourth-order valence-electron chi connectivity index (χ4n) is 3.74. The van der Waals surface area contributed by atoms with Gasteiger partial charge in [-0.3, -0.25) is 0 Å². The molecule has 1 saturated heterocycles. The van der Waals surface area contributed by atoms with Crippen LogP contribution in [-0.2, 0) is 4.74 Å². The molecule has 1 fully saturated rings. The molecule has 0 aliphatic carbocycles. The van der Waals surface area contributed by atoms with Crippen LogP contribution in [0.3, 0.4) is 0 Å². The molecule has 3 amide bonds. The van der Waals surface area contributed by atoms with E-state index in [0.29, 0.717) is 30.0 Å². The zero-order valence-electron chi connectivity index (χ0n) is 19.2. The van der Waals surface area contributed by atoms with E-state index in [1.54, 1.807) is 49.9 Å². The number of rotatable bonds is 4. The van der Waals surface area contributed by atoms with Crippen molar-refractivity contribution >= 4 is 33.7 Å². The number of hydrogen-bond donors (Lipinski definition) is 2. The fourth-order valence-corrected chi connectivity index (χ4v) is 4.00. The zero-order valence-corrected chi connectivity index (χ0v) is 20.7. The van der Waals surface area contributed by atoms with E-state index in [2.05, 4.69) is 26.6 Å². The number of ether oxygens (including phenoxy) is 2. The smallest absolute Gasteiger partial charge is 0.410 e. The monoisotopic (exact) mass is 521 g/mol. The quantitative estimate of drug-likeness (QED) is 0.555. The second-order valence-electron chi connectivity index (χ2n) is 8.92. The maximum atomic E-state index is 15.0. The summed E-state index contributed by atoms with van der Waals surface area (Å²) in [5, 5.41) is 5.75. The highest BCUT2D eigenvalue weighted by Crippen LogP contribution is 2.32. The zero-order chi connectivity index (χ0) is 24.2. The number of benzene rings is 2. The molecule has 0 spiro atoms. The van der Waals surface area contributed by atoms with Crippen LogP contribution in [0, 0.1) is 5.82 Å². The molecule has 178 valence electrons. The van der Waals surface area contributed by atoms with Gasteiger partial charge in [0.25, 0.3) is 0 Å². The van der Waals surface area contributed by atoms with Crippen molar-refractivity contribution in [3.05, 3.63) is 58.3 Å². The van der Waals surface area contributed by atoms with Crippen LogP contribution in [0.1, 0.15) is 38.7 Å². The van der Waals surface area contributed by atoms with Gasteiger partial charge in [0, 0.05) is 41.3 Å². The molecule has 9 heteroatoms. The first kappa shape index (κ1) is 24.8. The van der Waals surface area contributed by atoms with Gasteiger partial charge in [-0.2, -0.15) is 0 Å². The van der Waals surface area contributed by atoms with Crippen molar-refractivity contribution < 1.29 is 23.5 Å². The average molecular weight is 522 g/mol. The SMILES string of the molecule is COc1ccc([C@@H]2CN(C(=O)OC(C)(C)C)CCC2NC(=O)Nc2ccc(Br)cc2)c(F)c1.